The Morgan fingerprint density at radius 1 is 1.48 bits per heavy atom. The molecule has 1 aromatic rings. The molecule has 0 aliphatic carbocycles. The fourth-order valence-electron chi connectivity index (χ4n) is 2.26. The highest BCUT2D eigenvalue weighted by Gasteiger charge is 2.31. The molecule has 118 valence electrons. The Balaban J connectivity index is 2.13. The van der Waals surface area contributed by atoms with Crippen molar-refractivity contribution in [2.45, 2.75) is 32.1 Å². The number of H-pyrrole nitrogens is 1. The average Bonchev–Trinajstić information content (AvgIpc) is 2.37. The molecule has 0 amide bonds. The Hall–Kier alpha value is -1.25. The number of nitrogens with one attached hydrogen (secondary N) is 1. The molecule has 21 heavy (non-hydrogen) atoms. The van der Waals surface area contributed by atoms with Gasteiger partial charge < -0.3 is 14.5 Å². The van der Waals surface area contributed by atoms with Crippen molar-refractivity contribution in [1.82, 2.24) is 9.55 Å². The second-order valence-corrected chi connectivity index (χ2v) is 6.25. The van der Waals surface area contributed by atoms with E-state index in [0.29, 0.717) is 12.8 Å². The van der Waals surface area contributed by atoms with E-state index >= 15 is 0 Å². The third kappa shape index (κ3) is 4.36. The number of aromatic nitrogens is 2. The van der Waals surface area contributed by atoms with Crippen molar-refractivity contribution in [2.75, 3.05) is 6.61 Å². The summed E-state index contributed by atoms with van der Waals surface area (Å²) >= 11 is 0. The summed E-state index contributed by atoms with van der Waals surface area (Å²) in [6.45, 7) is 1.63. The van der Waals surface area contributed by atoms with E-state index < -0.39 is 31.4 Å². The van der Waals surface area contributed by atoms with Crippen LogP contribution in [-0.4, -0.2) is 32.0 Å². The van der Waals surface area contributed by atoms with Gasteiger partial charge in [0, 0.05) is 18.2 Å². The van der Waals surface area contributed by atoms with Gasteiger partial charge in [-0.25, -0.2) is 9.36 Å². The molecule has 2 unspecified atom stereocenters. The zero-order valence-electron chi connectivity index (χ0n) is 11.3. The van der Waals surface area contributed by atoms with Crippen LogP contribution in [0.4, 0.5) is 0 Å². The molecule has 3 atom stereocenters. The minimum absolute atomic E-state index is 0.0138. The SMILES string of the molecule is C[C@H]1CCC(COP(=O)(O)O)OC1n1ccc(=O)[nH]c1=O. The molecule has 0 aromatic carbocycles. The molecule has 0 saturated carbocycles. The van der Waals surface area contributed by atoms with E-state index in [4.69, 9.17) is 14.5 Å². The summed E-state index contributed by atoms with van der Waals surface area (Å²) in [6, 6.07) is 1.22. The molecule has 3 N–H and O–H groups in total. The fourth-order valence-corrected chi connectivity index (χ4v) is 2.62. The minimum Gasteiger partial charge on any atom is -0.352 e. The van der Waals surface area contributed by atoms with Crippen molar-refractivity contribution >= 4 is 7.82 Å². The Morgan fingerprint density at radius 2 is 2.19 bits per heavy atom. The molecule has 0 spiro atoms. The molecule has 1 fully saturated rings. The molecule has 2 heterocycles. The summed E-state index contributed by atoms with van der Waals surface area (Å²) in [5.74, 6) is 0.0138. The van der Waals surface area contributed by atoms with E-state index in [1.807, 2.05) is 6.92 Å². The number of phosphoric acid groups is 1. The first-order valence-electron chi connectivity index (χ1n) is 6.43. The van der Waals surface area contributed by atoms with Gasteiger partial charge in [-0.05, 0) is 12.8 Å². The van der Waals surface area contributed by atoms with E-state index in [0.717, 1.165) is 0 Å². The minimum atomic E-state index is -4.55. The van der Waals surface area contributed by atoms with Crippen molar-refractivity contribution in [3.05, 3.63) is 33.1 Å². The van der Waals surface area contributed by atoms with Crippen LogP contribution in [0.1, 0.15) is 26.0 Å². The fraction of sp³-hybridized carbons (Fsp3) is 0.636. The molecule has 0 bridgehead atoms. The molecular weight excluding hydrogens is 303 g/mol. The molecule has 2 rings (SSSR count). The molecule has 0 radical (unpaired) electrons. The maximum Gasteiger partial charge on any atom is 0.469 e. The van der Waals surface area contributed by atoms with Crippen LogP contribution < -0.4 is 11.2 Å². The lowest BCUT2D eigenvalue weighted by molar-refractivity contribution is -0.134. The smallest absolute Gasteiger partial charge is 0.352 e. The highest BCUT2D eigenvalue weighted by molar-refractivity contribution is 7.46. The van der Waals surface area contributed by atoms with Crippen LogP contribution in [0.25, 0.3) is 0 Å². The number of ether oxygens (including phenoxy) is 1. The van der Waals surface area contributed by atoms with Crippen molar-refractivity contribution in [3.63, 3.8) is 0 Å². The van der Waals surface area contributed by atoms with Gasteiger partial charge in [-0.1, -0.05) is 6.92 Å². The summed E-state index contributed by atoms with van der Waals surface area (Å²) in [4.78, 5) is 42.4. The van der Waals surface area contributed by atoms with Crippen LogP contribution in [0.15, 0.2) is 21.9 Å². The number of nitrogens with zero attached hydrogens (tertiary/aromatic N) is 1. The first-order valence-corrected chi connectivity index (χ1v) is 7.96. The molecule has 1 aromatic heterocycles. The number of rotatable bonds is 4. The van der Waals surface area contributed by atoms with E-state index in [9.17, 15) is 14.2 Å². The van der Waals surface area contributed by atoms with Gasteiger partial charge in [0.15, 0.2) is 0 Å². The van der Waals surface area contributed by atoms with Crippen molar-refractivity contribution in [2.24, 2.45) is 5.92 Å². The van der Waals surface area contributed by atoms with Crippen LogP contribution in [0.5, 0.6) is 0 Å². The quantitative estimate of drug-likeness (QED) is 0.663. The summed E-state index contributed by atoms with van der Waals surface area (Å²) in [5, 5.41) is 0. The van der Waals surface area contributed by atoms with Crippen LogP contribution in [0.2, 0.25) is 0 Å². The van der Waals surface area contributed by atoms with Crippen LogP contribution in [0, 0.1) is 5.92 Å². The van der Waals surface area contributed by atoms with Crippen LogP contribution in [0.3, 0.4) is 0 Å². The van der Waals surface area contributed by atoms with Crippen molar-refractivity contribution < 1.29 is 23.6 Å². The maximum atomic E-state index is 11.8. The van der Waals surface area contributed by atoms with E-state index in [-0.39, 0.29) is 12.5 Å². The predicted molar refractivity (Wildman–Crippen MR) is 71.6 cm³/mol. The Kier molecular flexibility index (Phi) is 4.80. The Labute approximate surface area is 119 Å². The van der Waals surface area contributed by atoms with E-state index in [1.54, 1.807) is 0 Å². The van der Waals surface area contributed by atoms with Gasteiger partial charge in [-0.2, -0.15) is 0 Å². The normalized spacial score (nSPS) is 26.7. The lowest BCUT2D eigenvalue weighted by Crippen LogP contribution is -2.40. The standard InChI is InChI=1S/C11H17N2O7P/c1-7-2-3-8(6-19-21(16,17)18)20-10(7)13-5-4-9(14)12-11(13)15/h4-5,7-8,10H,2-3,6H2,1H3,(H,12,14,15)(H2,16,17,18)/t7-,8?,10?/m0/s1. The predicted octanol–water partition coefficient (Wildman–Crippen LogP) is -0.0404. The molecule has 1 aliphatic heterocycles. The van der Waals surface area contributed by atoms with Gasteiger partial charge in [0.05, 0.1) is 12.7 Å². The van der Waals surface area contributed by atoms with Gasteiger partial charge >= 0.3 is 13.5 Å². The van der Waals surface area contributed by atoms with Gasteiger partial charge in [-0.3, -0.25) is 18.9 Å². The molecule has 1 saturated heterocycles. The van der Waals surface area contributed by atoms with E-state index in [2.05, 4.69) is 9.51 Å². The van der Waals surface area contributed by atoms with Gasteiger partial charge in [0.2, 0.25) is 0 Å². The topological polar surface area (TPSA) is 131 Å². The van der Waals surface area contributed by atoms with Crippen LogP contribution in [-0.2, 0) is 13.8 Å². The van der Waals surface area contributed by atoms with Crippen molar-refractivity contribution in [1.29, 1.82) is 0 Å². The Bertz CT molecular complexity index is 648. The second kappa shape index (κ2) is 6.25. The van der Waals surface area contributed by atoms with Gasteiger partial charge in [-0.15, -0.1) is 0 Å². The van der Waals surface area contributed by atoms with Crippen molar-refractivity contribution in [3.8, 4) is 0 Å². The van der Waals surface area contributed by atoms with E-state index in [1.165, 1.54) is 16.8 Å². The third-order valence-electron chi connectivity index (χ3n) is 3.32. The second-order valence-electron chi connectivity index (χ2n) is 5.01. The number of hydrogen-bond donors (Lipinski definition) is 3. The summed E-state index contributed by atoms with van der Waals surface area (Å²) in [5.41, 5.74) is -1.09. The average molecular weight is 320 g/mol. The van der Waals surface area contributed by atoms with Crippen LogP contribution >= 0.6 is 7.82 Å². The largest absolute Gasteiger partial charge is 0.469 e. The summed E-state index contributed by atoms with van der Waals surface area (Å²) in [6.07, 6.45) is 1.46. The van der Waals surface area contributed by atoms with Gasteiger partial charge in [0.25, 0.3) is 5.56 Å². The first kappa shape index (κ1) is 16.1. The lowest BCUT2D eigenvalue weighted by Gasteiger charge is -2.35. The lowest BCUT2D eigenvalue weighted by atomic mass is 9.97. The number of phosphoric ester groups is 1. The number of hydrogen-bond acceptors (Lipinski definition) is 5. The highest BCUT2D eigenvalue weighted by Crippen LogP contribution is 2.38. The monoisotopic (exact) mass is 320 g/mol. The zero-order chi connectivity index (χ0) is 15.6. The molecule has 10 heteroatoms. The summed E-state index contributed by atoms with van der Waals surface area (Å²) in [7, 11) is -4.55. The number of aromatic amines is 1. The molecule has 1 aliphatic rings. The molecule has 9 nitrogen and oxygen atoms in total. The maximum absolute atomic E-state index is 11.8. The van der Waals surface area contributed by atoms with Gasteiger partial charge in [0.1, 0.15) is 6.23 Å². The highest BCUT2D eigenvalue weighted by atomic mass is 31.2. The molecular formula is C11H17N2O7P. The zero-order valence-corrected chi connectivity index (χ0v) is 12.2. The first-order chi connectivity index (χ1) is 9.76. The Morgan fingerprint density at radius 3 is 2.81 bits per heavy atom. The third-order valence-corrected chi connectivity index (χ3v) is 3.80. The summed E-state index contributed by atoms with van der Waals surface area (Å²) < 4.78 is 22.1.